The molecule has 4 heteroatoms. The van der Waals surface area contributed by atoms with Crippen molar-refractivity contribution in [1.29, 1.82) is 0 Å². The van der Waals surface area contributed by atoms with Gasteiger partial charge in [-0.15, -0.1) is 0 Å². The largest absolute Gasteiger partial charge is 0.474 e. The molecule has 3 rings (SSSR count). The highest BCUT2D eigenvalue weighted by Gasteiger charge is 2.22. The lowest BCUT2D eigenvalue weighted by atomic mass is 10.1. The first kappa shape index (κ1) is 11.4. The summed E-state index contributed by atoms with van der Waals surface area (Å²) < 4.78 is 6.68. The predicted molar refractivity (Wildman–Crippen MR) is 73.6 cm³/mol. The summed E-state index contributed by atoms with van der Waals surface area (Å²) in [7, 11) is 0. The molecule has 18 heavy (non-hydrogen) atoms. The second-order valence-corrected chi connectivity index (χ2v) is 4.94. The number of pyridine rings is 1. The molecule has 2 aromatic rings. The second-order valence-electron chi connectivity index (χ2n) is 4.03. The summed E-state index contributed by atoms with van der Waals surface area (Å²) in [6, 6.07) is 13.9. The van der Waals surface area contributed by atoms with Gasteiger partial charge in [0, 0.05) is 10.7 Å². The molecule has 0 N–H and O–H groups in total. The molecule has 90 valence electrons. The molecule has 0 saturated heterocycles. The lowest BCUT2D eigenvalue weighted by Crippen LogP contribution is -2.03. The van der Waals surface area contributed by atoms with Gasteiger partial charge in [0.05, 0.1) is 0 Å². The van der Waals surface area contributed by atoms with E-state index < -0.39 is 0 Å². The van der Waals surface area contributed by atoms with E-state index >= 15 is 0 Å². The van der Waals surface area contributed by atoms with Gasteiger partial charge in [-0.3, -0.25) is 4.98 Å². The van der Waals surface area contributed by atoms with Gasteiger partial charge in [-0.05, 0) is 29.8 Å². The molecule has 0 amide bonds. The summed E-state index contributed by atoms with van der Waals surface area (Å²) in [5.41, 5.74) is 1.95. The Bertz CT molecular complexity index is 566. The lowest BCUT2D eigenvalue weighted by Gasteiger charge is -2.04. The average molecular weight is 303 g/mol. The smallest absolute Gasteiger partial charge is 0.236 e. The van der Waals surface area contributed by atoms with Crippen molar-refractivity contribution < 1.29 is 4.74 Å². The number of hydrogen-bond donors (Lipinski definition) is 0. The Morgan fingerprint density at radius 1 is 1.11 bits per heavy atom. The van der Waals surface area contributed by atoms with E-state index in [0.717, 1.165) is 15.7 Å². The lowest BCUT2D eigenvalue weighted by molar-refractivity contribution is 0.319. The average Bonchev–Trinajstić information content (AvgIpc) is 2.90. The third kappa shape index (κ3) is 2.29. The van der Waals surface area contributed by atoms with Crippen LogP contribution < -0.4 is 0 Å². The summed E-state index contributed by atoms with van der Waals surface area (Å²) in [6.07, 6.45) is 1.74. The van der Waals surface area contributed by atoms with Crippen molar-refractivity contribution in [3.8, 4) is 0 Å². The molecule has 0 unspecified atom stereocenters. The van der Waals surface area contributed by atoms with Crippen LogP contribution in [0.1, 0.15) is 17.3 Å². The predicted octanol–water partition coefficient (Wildman–Crippen LogP) is 3.36. The summed E-state index contributed by atoms with van der Waals surface area (Å²) in [4.78, 5) is 8.81. The fourth-order valence-corrected chi connectivity index (χ4v) is 2.12. The Labute approximate surface area is 114 Å². The van der Waals surface area contributed by atoms with Crippen LogP contribution in [-0.4, -0.2) is 17.5 Å². The SMILES string of the molecule is Brc1ccc([C@H]2COC(c3ccccn3)=N2)cc1. The van der Waals surface area contributed by atoms with Crippen molar-refractivity contribution in [3.63, 3.8) is 0 Å². The molecule has 0 spiro atoms. The number of ether oxygens (including phenoxy) is 1. The third-order valence-corrected chi connectivity index (χ3v) is 3.32. The number of aliphatic imine (C=N–C) groups is 1. The molecule has 1 atom stereocenters. The maximum Gasteiger partial charge on any atom is 0.236 e. The summed E-state index contributed by atoms with van der Waals surface area (Å²) in [5.74, 6) is 0.628. The second kappa shape index (κ2) is 4.90. The van der Waals surface area contributed by atoms with Crippen molar-refractivity contribution in [2.24, 2.45) is 4.99 Å². The number of hydrogen-bond acceptors (Lipinski definition) is 3. The first-order valence-corrected chi connectivity index (χ1v) is 6.50. The molecule has 1 aliphatic rings. The summed E-state index contributed by atoms with van der Waals surface area (Å²) >= 11 is 3.43. The number of aromatic nitrogens is 1. The minimum Gasteiger partial charge on any atom is -0.474 e. The molecule has 3 nitrogen and oxygen atoms in total. The van der Waals surface area contributed by atoms with E-state index in [4.69, 9.17) is 4.74 Å². The Balaban J connectivity index is 1.85. The van der Waals surface area contributed by atoms with E-state index in [1.165, 1.54) is 0 Å². The van der Waals surface area contributed by atoms with Gasteiger partial charge >= 0.3 is 0 Å². The van der Waals surface area contributed by atoms with E-state index in [-0.39, 0.29) is 6.04 Å². The van der Waals surface area contributed by atoms with Gasteiger partial charge in [0.25, 0.3) is 0 Å². The van der Waals surface area contributed by atoms with Crippen LogP contribution in [0.3, 0.4) is 0 Å². The van der Waals surface area contributed by atoms with Crippen LogP contribution >= 0.6 is 15.9 Å². The van der Waals surface area contributed by atoms with Gasteiger partial charge < -0.3 is 4.74 Å². The highest BCUT2D eigenvalue weighted by Crippen LogP contribution is 2.25. The van der Waals surface area contributed by atoms with E-state index in [2.05, 4.69) is 38.0 Å². The van der Waals surface area contributed by atoms with Crippen molar-refractivity contribution in [2.75, 3.05) is 6.61 Å². The summed E-state index contributed by atoms with van der Waals surface area (Å²) in [6.45, 7) is 0.577. The standard InChI is InChI=1S/C14H11BrN2O/c15-11-6-4-10(5-7-11)13-9-18-14(17-13)12-3-1-2-8-16-12/h1-8,13H,9H2/t13-/m1/s1. The van der Waals surface area contributed by atoms with Crippen molar-refractivity contribution >= 4 is 21.8 Å². The molecule has 2 heterocycles. The number of halogens is 1. The van der Waals surface area contributed by atoms with E-state index in [1.54, 1.807) is 6.20 Å². The maximum atomic E-state index is 5.61. The van der Waals surface area contributed by atoms with Gasteiger partial charge in [0.2, 0.25) is 5.90 Å². The Kier molecular flexibility index (Phi) is 3.11. The van der Waals surface area contributed by atoms with Gasteiger partial charge in [0.1, 0.15) is 18.3 Å². The molecular weight excluding hydrogens is 292 g/mol. The topological polar surface area (TPSA) is 34.5 Å². The van der Waals surface area contributed by atoms with Crippen LogP contribution in [0.2, 0.25) is 0 Å². The molecule has 0 aliphatic carbocycles. The van der Waals surface area contributed by atoms with Gasteiger partial charge in [-0.1, -0.05) is 34.1 Å². The molecule has 0 radical (unpaired) electrons. The number of rotatable bonds is 2. The van der Waals surface area contributed by atoms with Crippen LogP contribution in [0, 0.1) is 0 Å². The van der Waals surface area contributed by atoms with E-state index in [0.29, 0.717) is 12.5 Å². The molecule has 0 saturated carbocycles. The number of benzene rings is 1. The summed E-state index contributed by atoms with van der Waals surface area (Å²) in [5, 5.41) is 0. The van der Waals surface area contributed by atoms with E-state index in [1.807, 2.05) is 30.3 Å². The van der Waals surface area contributed by atoms with E-state index in [9.17, 15) is 0 Å². The highest BCUT2D eigenvalue weighted by atomic mass is 79.9. The molecule has 1 aromatic heterocycles. The molecule has 0 fully saturated rings. The zero-order valence-electron chi connectivity index (χ0n) is 9.58. The van der Waals surface area contributed by atoms with Crippen LogP contribution in [0.15, 0.2) is 58.1 Å². The fourth-order valence-electron chi connectivity index (χ4n) is 1.86. The minimum absolute atomic E-state index is 0.0649. The monoisotopic (exact) mass is 302 g/mol. The van der Waals surface area contributed by atoms with Gasteiger partial charge in [0.15, 0.2) is 0 Å². The van der Waals surface area contributed by atoms with Crippen molar-refractivity contribution in [2.45, 2.75) is 6.04 Å². The Morgan fingerprint density at radius 2 is 1.94 bits per heavy atom. The van der Waals surface area contributed by atoms with Gasteiger partial charge in [-0.25, -0.2) is 4.99 Å². The minimum atomic E-state index is 0.0649. The zero-order valence-corrected chi connectivity index (χ0v) is 11.2. The van der Waals surface area contributed by atoms with Crippen LogP contribution in [-0.2, 0) is 4.74 Å². The zero-order chi connectivity index (χ0) is 12.4. The van der Waals surface area contributed by atoms with Crippen LogP contribution in [0.5, 0.6) is 0 Å². The van der Waals surface area contributed by atoms with Gasteiger partial charge in [-0.2, -0.15) is 0 Å². The van der Waals surface area contributed by atoms with Crippen molar-refractivity contribution in [3.05, 3.63) is 64.4 Å². The first-order chi connectivity index (χ1) is 8.83. The quantitative estimate of drug-likeness (QED) is 0.852. The molecule has 1 aliphatic heterocycles. The van der Waals surface area contributed by atoms with Crippen LogP contribution in [0.25, 0.3) is 0 Å². The molecule has 1 aromatic carbocycles. The highest BCUT2D eigenvalue weighted by molar-refractivity contribution is 9.10. The number of nitrogens with zero attached hydrogens (tertiary/aromatic N) is 2. The Morgan fingerprint density at radius 3 is 2.67 bits per heavy atom. The molecular formula is C14H11BrN2O. The first-order valence-electron chi connectivity index (χ1n) is 5.70. The normalized spacial score (nSPS) is 18.3. The maximum absolute atomic E-state index is 5.61. The Hall–Kier alpha value is -1.68. The fraction of sp³-hybridized carbons (Fsp3) is 0.143. The van der Waals surface area contributed by atoms with Crippen LogP contribution in [0.4, 0.5) is 0 Å². The third-order valence-electron chi connectivity index (χ3n) is 2.79. The molecule has 0 bridgehead atoms. The van der Waals surface area contributed by atoms with Crippen molar-refractivity contribution in [1.82, 2.24) is 4.98 Å².